The molecule has 0 saturated heterocycles. The van der Waals surface area contributed by atoms with Crippen molar-refractivity contribution in [1.82, 2.24) is 0 Å². The zero-order chi connectivity index (χ0) is 7.56. The lowest BCUT2D eigenvalue weighted by Crippen LogP contribution is -2.19. The highest BCUT2D eigenvalue weighted by atomic mass is 16.1. The second kappa shape index (κ2) is 3.18. The molecule has 1 aliphatic rings. The molecule has 10 heavy (non-hydrogen) atoms. The number of rotatable bonds is 1. The molecule has 1 fully saturated rings. The summed E-state index contributed by atoms with van der Waals surface area (Å²) in [4.78, 5) is 10.9. The third-order valence-corrected chi connectivity index (χ3v) is 2.51. The van der Waals surface area contributed by atoms with Gasteiger partial charge in [-0.1, -0.05) is 19.8 Å². The number of carbonyl (C=O) groups is 1. The second-order valence-corrected chi connectivity index (χ2v) is 3.58. The first kappa shape index (κ1) is 7.77. The van der Waals surface area contributed by atoms with E-state index in [1.807, 2.05) is 0 Å². The summed E-state index contributed by atoms with van der Waals surface area (Å²) in [6.07, 6.45) is 4.85. The summed E-state index contributed by atoms with van der Waals surface area (Å²) in [5.74, 6) is 1.57. The maximum absolute atomic E-state index is 10.9. The summed E-state index contributed by atoms with van der Waals surface area (Å²) in [5.41, 5.74) is 0. The molecule has 0 spiro atoms. The van der Waals surface area contributed by atoms with Gasteiger partial charge in [0.15, 0.2) is 0 Å². The fourth-order valence-electron chi connectivity index (χ4n) is 1.80. The average Bonchev–Trinajstić information content (AvgIpc) is 1.88. The van der Waals surface area contributed by atoms with Crippen LogP contribution in [-0.4, -0.2) is 5.78 Å². The number of hydrogen-bond donors (Lipinski definition) is 0. The van der Waals surface area contributed by atoms with E-state index < -0.39 is 0 Å². The first-order valence-electron chi connectivity index (χ1n) is 4.20. The zero-order valence-electron chi connectivity index (χ0n) is 6.89. The fourth-order valence-corrected chi connectivity index (χ4v) is 1.80. The Bertz CT molecular complexity index is 129. The van der Waals surface area contributed by atoms with Gasteiger partial charge in [0, 0.05) is 5.92 Å². The van der Waals surface area contributed by atoms with Crippen molar-refractivity contribution < 1.29 is 4.79 Å². The molecule has 1 rings (SSSR count). The highest BCUT2D eigenvalue weighted by molar-refractivity contribution is 5.78. The van der Waals surface area contributed by atoms with Crippen LogP contribution in [0.25, 0.3) is 0 Å². The maximum Gasteiger partial charge on any atom is 0.132 e. The minimum absolute atomic E-state index is 0.392. The van der Waals surface area contributed by atoms with Crippen molar-refractivity contribution in [1.29, 1.82) is 0 Å². The standard InChI is InChI=1S/C9H16O/c1-7-4-3-5-9(6-7)8(2)10/h7,9H,3-6H2,1-2H3/t7-,9+/m1/s1. The smallest absolute Gasteiger partial charge is 0.132 e. The van der Waals surface area contributed by atoms with Crippen LogP contribution in [0, 0.1) is 11.8 Å². The summed E-state index contributed by atoms with van der Waals surface area (Å²) < 4.78 is 0. The molecule has 2 atom stereocenters. The number of carbonyl (C=O) groups excluding carboxylic acids is 1. The Balaban J connectivity index is 2.39. The van der Waals surface area contributed by atoms with E-state index in [2.05, 4.69) is 6.92 Å². The Morgan fingerprint density at radius 1 is 1.40 bits per heavy atom. The van der Waals surface area contributed by atoms with Crippen molar-refractivity contribution in [3.63, 3.8) is 0 Å². The lowest BCUT2D eigenvalue weighted by Gasteiger charge is -2.24. The van der Waals surface area contributed by atoms with Crippen LogP contribution in [0.1, 0.15) is 39.5 Å². The van der Waals surface area contributed by atoms with Gasteiger partial charge in [0.1, 0.15) is 5.78 Å². The molecule has 1 aliphatic carbocycles. The SMILES string of the molecule is CC(=O)[C@H]1CCC[C@@H](C)C1. The fraction of sp³-hybridized carbons (Fsp3) is 0.889. The molecule has 0 amide bonds. The lowest BCUT2D eigenvalue weighted by molar-refractivity contribution is -0.122. The molecule has 0 aromatic rings. The third kappa shape index (κ3) is 1.83. The highest BCUT2D eigenvalue weighted by Gasteiger charge is 2.21. The van der Waals surface area contributed by atoms with E-state index in [9.17, 15) is 4.79 Å². The van der Waals surface area contributed by atoms with E-state index in [1.54, 1.807) is 6.92 Å². The van der Waals surface area contributed by atoms with Crippen LogP contribution in [0.15, 0.2) is 0 Å². The van der Waals surface area contributed by atoms with Crippen molar-refractivity contribution in [2.45, 2.75) is 39.5 Å². The highest BCUT2D eigenvalue weighted by Crippen LogP contribution is 2.28. The van der Waals surface area contributed by atoms with Gasteiger partial charge in [-0.05, 0) is 25.7 Å². The quantitative estimate of drug-likeness (QED) is 0.546. The van der Waals surface area contributed by atoms with Gasteiger partial charge in [-0.15, -0.1) is 0 Å². The number of Topliss-reactive ketones (excluding diaryl/α,β-unsaturated/α-hetero) is 1. The molecule has 1 saturated carbocycles. The first-order chi connectivity index (χ1) is 4.70. The molecule has 58 valence electrons. The Kier molecular flexibility index (Phi) is 2.47. The molecule has 1 heteroatoms. The van der Waals surface area contributed by atoms with E-state index in [-0.39, 0.29) is 0 Å². The molecular weight excluding hydrogens is 124 g/mol. The monoisotopic (exact) mass is 140 g/mol. The largest absolute Gasteiger partial charge is 0.300 e. The Hall–Kier alpha value is -0.330. The lowest BCUT2D eigenvalue weighted by atomic mass is 9.81. The van der Waals surface area contributed by atoms with Gasteiger partial charge < -0.3 is 0 Å². The first-order valence-corrected chi connectivity index (χ1v) is 4.20. The van der Waals surface area contributed by atoms with Crippen LogP contribution in [-0.2, 0) is 4.79 Å². The number of hydrogen-bond acceptors (Lipinski definition) is 1. The van der Waals surface area contributed by atoms with E-state index >= 15 is 0 Å². The van der Waals surface area contributed by atoms with Gasteiger partial charge in [-0.3, -0.25) is 4.79 Å². The van der Waals surface area contributed by atoms with E-state index in [0.717, 1.165) is 18.8 Å². The van der Waals surface area contributed by atoms with Crippen molar-refractivity contribution in [3.8, 4) is 0 Å². The van der Waals surface area contributed by atoms with Gasteiger partial charge in [-0.25, -0.2) is 0 Å². The van der Waals surface area contributed by atoms with Crippen LogP contribution >= 0.6 is 0 Å². The average molecular weight is 140 g/mol. The minimum Gasteiger partial charge on any atom is -0.300 e. The van der Waals surface area contributed by atoms with Gasteiger partial charge in [-0.2, -0.15) is 0 Å². The van der Waals surface area contributed by atoms with E-state index in [4.69, 9.17) is 0 Å². The Morgan fingerprint density at radius 3 is 2.50 bits per heavy atom. The Labute approximate surface area is 62.8 Å². The van der Waals surface area contributed by atoms with Gasteiger partial charge in [0.25, 0.3) is 0 Å². The van der Waals surface area contributed by atoms with Crippen molar-refractivity contribution >= 4 is 5.78 Å². The molecule has 1 nitrogen and oxygen atoms in total. The predicted octanol–water partition coefficient (Wildman–Crippen LogP) is 2.40. The summed E-state index contributed by atoms with van der Waals surface area (Å²) >= 11 is 0. The molecular formula is C9H16O. The van der Waals surface area contributed by atoms with Crippen molar-refractivity contribution in [2.24, 2.45) is 11.8 Å². The van der Waals surface area contributed by atoms with Gasteiger partial charge in [0.05, 0.1) is 0 Å². The summed E-state index contributed by atoms with van der Waals surface area (Å²) in [6.45, 7) is 3.97. The Morgan fingerprint density at radius 2 is 2.10 bits per heavy atom. The summed E-state index contributed by atoms with van der Waals surface area (Å²) in [7, 11) is 0. The molecule has 0 bridgehead atoms. The molecule has 0 N–H and O–H groups in total. The molecule has 0 unspecified atom stereocenters. The summed E-state index contributed by atoms with van der Waals surface area (Å²) in [6, 6.07) is 0. The molecule has 0 aromatic carbocycles. The summed E-state index contributed by atoms with van der Waals surface area (Å²) in [5, 5.41) is 0. The van der Waals surface area contributed by atoms with Gasteiger partial charge in [0.2, 0.25) is 0 Å². The van der Waals surface area contributed by atoms with Gasteiger partial charge >= 0.3 is 0 Å². The molecule has 0 aromatic heterocycles. The second-order valence-electron chi connectivity index (χ2n) is 3.58. The van der Waals surface area contributed by atoms with Crippen LogP contribution in [0.2, 0.25) is 0 Å². The topological polar surface area (TPSA) is 17.1 Å². The van der Waals surface area contributed by atoms with Crippen LogP contribution in [0.4, 0.5) is 0 Å². The third-order valence-electron chi connectivity index (χ3n) is 2.51. The van der Waals surface area contributed by atoms with Crippen LogP contribution < -0.4 is 0 Å². The maximum atomic E-state index is 10.9. The zero-order valence-corrected chi connectivity index (χ0v) is 6.89. The van der Waals surface area contributed by atoms with E-state index in [0.29, 0.717) is 11.7 Å². The minimum atomic E-state index is 0.392. The van der Waals surface area contributed by atoms with Crippen molar-refractivity contribution in [2.75, 3.05) is 0 Å². The number of ketones is 1. The normalized spacial score (nSPS) is 33.8. The molecule has 0 aliphatic heterocycles. The van der Waals surface area contributed by atoms with Crippen molar-refractivity contribution in [3.05, 3.63) is 0 Å². The van der Waals surface area contributed by atoms with Crippen LogP contribution in [0.3, 0.4) is 0 Å². The molecule has 0 heterocycles. The molecule has 0 radical (unpaired) electrons. The van der Waals surface area contributed by atoms with Crippen LogP contribution in [0.5, 0.6) is 0 Å². The van der Waals surface area contributed by atoms with E-state index in [1.165, 1.54) is 12.8 Å². The predicted molar refractivity (Wildman–Crippen MR) is 41.8 cm³/mol.